The summed E-state index contributed by atoms with van der Waals surface area (Å²) in [7, 11) is 1.61. The first-order chi connectivity index (χ1) is 13.1. The average molecular weight is 382 g/mol. The number of aryl methyl sites for hydroxylation is 1. The van der Waals surface area contributed by atoms with E-state index in [4.69, 9.17) is 4.74 Å². The van der Waals surface area contributed by atoms with Crippen molar-refractivity contribution >= 4 is 38.4 Å². The third-order valence-electron chi connectivity index (χ3n) is 4.83. The maximum Gasteiger partial charge on any atom is 0.229 e. The van der Waals surface area contributed by atoms with Crippen LogP contribution < -0.4 is 15.0 Å². The number of methoxy groups -OCH3 is 1. The third kappa shape index (κ3) is 3.73. The standard InChI is InChI=1S/C20H22N4O2S/c1-13-7-8-17(26-2)16(11-13)22-18(25)14-5-4-10-24(12-14)20-23-15-6-3-9-21-19(15)27-20/h3,6-9,11,14H,4-5,10,12H2,1-2H3,(H,22,25). The largest absolute Gasteiger partial charge is 0.495 e. The van der Waals surface area contributed by atoms with Crippen LogP contribution in [-0.2, 0) is 4.79 Å². The minimum Gasteiger partial charge on any atom is -0.495 e. The molecule has 1 unspecified atom stereocenters. The summed E-state index contributed by atoms with van der Waals surface area (Å²) in [4.78, 5) is 25.1. The maximum atomic E-state index is 12.9. The van der Waals surface area contributed by atoms with Crippen molar-refractivity contribution < 1.29 is 9.53 Å². The summed E-state index contributed by atoms with van der Waals surface area (Å²) in [5, 5.41) is 3.99. The Morgan fingerprint density at radius 2 is 2.26 bits per heavy atom. The Kier molecular flexibility index (Phi) is 4.94. The molecule has 0 aliphatic carbocycles. The molecule has 0 saturated carbocycles. The lowest BCUT2D eigenvalue weighted by Crippen LogP contribution is -2.40. The Morgan fingerprint density at radius 1 is 1.37 bits per heavy atom. The molecule has 2 aromatic heterocycles. The average Bonchev–Trinajstić information content (AvgIpc) is 3.12. The summed E-state index contributed by atoms with van der Waals surface area (Å²) in [5.74, 6) is 0.630. The SMILES string of the molecule is COc1ccc(C)cc1NC(=O)C1CCCN(c2nc3cccnc3s2)C1. The predicted octanol–water partition coefficient (Wildman–Crippen LogP) is 3.86. The van der Waals surface area contributed by atoms with Gasteiger partial charge in [0.1, 0.15) is 16.1 Å². The second kappa shape index (κ2) is 7.52. The van der Waals surface area contributed by atoms with Crippen LogP contribution in [0.4, 0.5) is 10.8 Å². The van der Waals surface area contributed by atoms with Gasteiger partial charge in [0.05, 0.1) is 18.7 Å². The number of anilines is 2. The predicted molar refractivity (Wildman–Crippen MR) is 109 cm³/mol. The molecule has 1 amide bonds. The summed E-state index contributed by atoms with van der Waals surface area (Å²) in [6.07, 6.45) is 3.62. The van der Waals surface area contributed by atoms with E-state index in [1.807, 2.05) is 37.3 Å². The highest BCUT2D eigenvalue weighted by Gasteiger charge is 2.28. The van der Waals surface area contributed by atoms with Gasteiger partial charge in [-0.05, 0) is 49.6 Å². The van der Waals surface area contributed by atoms with Gasteiger partial charge in [-0.25, -0.2) is 9.97 Å². The van der Waals surface area contributed by atoms with Crippen molar-refractivity contribution in [2.45, 2.75) is 19.8 Å². The van der Waals surface area contributed by atoms with Crippen molar-refractivity contribution in [1.82, 2.24) is 9.97 Å². The van der Waals surface area contributed by atoms with E-state index in [1.54, 1.807) is 24.6 Å². The molecule has 0 bridgehead atoms. The Balaban J connectivity index is 1.49. The second-order valence-electron chi connectivity index (χ2n) is 6.80. The summed E-state index contributed by atoms with van der Waals surface area (Å²) in [6, 6.07) is 9.66. The highest BCUT2D eigenvalue weighted by Crippen LogP contribution is 2.31. The lowest BCUT2D eigenvalue weighted by molar-refractivity contribution is -0.120. The van der Waals surface area contributed by atoms with Crippen molar-refractivity contribution in [1.29, 1.82) is 0 Å². The first-order valence-corrected chi connectivity index (χ1v) is 9.87. The molecule has 1 fully saturated rings. The first kappa shape index (κ1) is 17.7. The molecule has 4 rings (SSSR count). The smallest absolute Gasteiger partial charge is 0.229 e. The number of amides is 1. The van der Waals surface area contributed by atoms with Crippen LogP contribution in [0.2, 0.25) is 0 Å². The molecular formula is C20H22N4O2S. The van der Waals surface area contributed by atoms with Crippen LogP contribution in [-0.4, -0.2) is 36.1 Å². The number of ether oxygens (including phenoxy) is 1. The molecular weight excluding hydrogens is 360 g/mol. The Labute approximate surface area is 162 Å². The molecule has 1 saturated heterocycles. The first-order valence-electron chi connectivity index (χ1n) is 9.06. The molecule has 1 aliphatic rings. The van der Waals surface area contributed by atoms with Crippen molar-refractivity contribution in [2.24, 2.45) is 5.92 Å². The van der Waals surface area contributed by atoms with Gasteiger partial charge in [-0.1, -0.05) is 17.4 Å². The highest BCUT2D eigenvalue weighted by atomic mass is 32.1. The number of fused-ring (bicyclic) bond motifs is 1. The van der Waals surface area contributed by atoms with Crippen LogP contribution in [0, 0.1) is 12.8 Å². The lowest BCUT2D eigenvalue weighted by Gasteiger charge is -2.31. The van der Waals surface area contributed by atoms with E-state index >= 15 is 0 Å². The fourth-order valence-corrected chi connectivity index (χ4v) is 4.36. The minimum absolute atomic E-state index is 0.0304. The van der Waals surface area contributed by atoms with Crippen molar-refractivity contribution in [3.8, 4) is 5.75 Å². The van der Waals surface area contributed by atoms with Crippen molar-refractivity contribution in [2.75, 3.05) is 30.4 Å². The molecule has 0 radical (unpaired) electrons. The molecule has 7 heteroatoms. The van der Waals surface area contributed by atoms with E-state index in [2.05, 4.69) is 20.2 Å². The minimum atomic E-state index is -0.0797. The zero-order chi connectivity index (χ0) is 18.8. The Bertz CT molecular complexity index is 939. The van der Waals surface area contributed by atoms with Gasteiger partial charge in [0.2, 0.25) is 5.91 Å². The fraction of sp³-hybridized carbons (Fsp3) is 0.350. The van der Waals surface area contributed by atoms with E-state index in [1.165, 1.54) is 0 Å². The van der Waals surface area contributed by atoms with Crippen LogP contribution in [0.1, 0.15) is 18.4 Å². The number of piperidine rings is 1. The van der Waals surface area contributed by atoms with Crippen LogP contribution in [0.25, 0.3) is 10.3 Å². The number of rotatable bonds is 4. The molecule has 0 spiro atoms. The number of thiazole rings is 1. The molecule has 1 atom stereocenters. The van der Waals surface area contributed by atoms with Gasteiger partial charge in [-0.2, -0.15) is 0 Å². The summed E-state index contributed by atoms with van der Waals surface area (Å²) < 4.78 is 5.37. The number of hydrogen-bond donors (Lipinski definition) is 1. The number of nitrogens with zero attached hydrogens (tertiary/aromatic N) is 3. The zero-order valence-corrected chi connectivity index (χ0v) is 16.3. The van der Waals surface area contributed by atoms with Gasteiger partial charge in [-0.3, -0.25) is 4.79 Å². The van der Waals surface area contributed by atoms with Crippen LogP contribution in [0.5, 0.6) is 5.75 Å². The second-order valence-corrected chi connectivity index (χ2v) is 7.76. The molecule has 3 aromatic rings. The fourth-order valence-electron chi connectivity index (χ4n) is 3.41. The van der Waals surface area contributed by atoms with E-state index in [0.29, 0.717) is 12.3 Å². The zero-order valence-electron chi connectivity index (χ0n) is 15.4. The third-order valence-corrected chi connectivity index (χ3v) is 5.87. The van der Waals surface area contributed by atoms with E-state index < -0.39 is 0 Å². The molecule has 3 heterocycles. The van der Waals surface area contributed by atoms with E-state index in [0.717, 1.165) is 46.1 Å². The van der Waals surface area contributed by atoms with Crippen LogP contribution in [0.15, 0.2) is 36.5 Å². The monoisotopic (exact) mass is 382 g/mol. The molecule has 27 heavy (non-hydrogen) atoms. The Hall–Kier alpha value is -2.67. The van der Waals surface area contributed by atoms with Crippen molar-refractivity contribution in [3.05, 3.63) is 42.1 Å². The van der Waals surface area contributed by atoms with Crippen molar-refractivity contribution in [3.63, 3.8) is 0 Å². The lowest BCUT2D eigenvalue weighted by atomic mass is 9.97. The van der Waals surface area contributed by atoms with Crippen LogP contribution in [0.3, 0.4) is 0 Å². The van der Waals surface area contributed by atoms with Crippen LogP contribution >= 0.6 is 11.3 Å². The number of pyridine rings is 1. The number of nitrogens with one attached hydrogen (secondary N) is 1. The number of carbonyl (C=O) groups is 1. The normalized spacial score (nSPS) is 17.1. The molecule has 140 valence electrons. The van der Waals surface area contributed by atoms with Gasteiger partial charge in [0, 0.05) is 19.3 Å². The van der Waals surface area contributed by atoms with E-state index in [9.17, 15) is 4.79 Å². The molecule has 1 aliphatic heterocycles. The number of aromatic nitrogens is 2. The summed E-state index contributed by atoms with van der Waals surface area (Å²) in [5.41, 5.74) is 2.72. The van der Waals surface area contributed by atoms with Gasteiger partial charge >= 0.3 is 0 Å². The number of carbonyl (C=O) groups excluding carboxylic acids is 1. The summed E-state index contributed by atoms with van der Waals surface area (Å²) in [6.45, 7) is 3.58. The highest BCUT2D eigenvalue weighted by molar-refractivity contribution is 7.21. The summed E-state index contributed by atoms with van der Waals surface area (Å²) >= 11 is 1.58. The van der Waals surface area contributed by atoms with Gasteiger partial charge in [-0.15, -0.1) is 0 Å². The quantitative estimate of drug-likeness (QED) is 0.742. The van der Waals surface area contributed by atoms with Gasteiger partial charge in [0.25, 0.3) is 0 Å². The maximum absolute atomic E-state index is 12.9. The van der Waals surface area contributed by atoms with Gasteiger partial charge in [0.15, 0.2) is 5.13 Å². The van der Waals surface area contributed by atoms with Gasteiger partial charge < -0.3 is 15.0 Å². The molecule has 6 nitrogen and oxygen atoms in total. The number of benzene rings is 1. The topological polar surface area (TPSA) is 67.3 Å². The molecule has 1 aromatic carbocycles. The molecule has 1 N–H and O–H groups in total. The number of hydrogen-bond acceptors (Lipinski definition) is 6. The van der Waals surface area contributed by atoms with E-state index in [-0.39, 0.29) is 11.8 Å². The Morgan fingerprint density at radius 3 is 3.07 bits per heavy atom.